The lowest BCUT2D eigenvalue weighted by Crippen LogP contribution is -2.47. The number of piperazine rings is 1. The fraction of sp³-hybridized carbons (Fsp3) is 0.444. The van der Waals surface area contributed by atoms with E-state index in [9.17, 15) is 0 Å². The summed E-state index contributed by atoms with van der Waals surface area (Å²) in [6.45, 7) is 7.90. The van der Waals surface area contributed by atoms with Crippen LogP contribution < -0.4 is 0 Å². The molecule has 4 heteroatoms. The lowest BCUT2D eigenvalue weighted by molar-refractivity contribution is 0.103. The van der Waals surface area contributed by atoms with Crippen molar-refractivity contribution >= 4 is 0 Å². The molecule has 116 valence electrons. The van der Waals surface area contributed by atoms with Crippen LogP contribution in [0.25, 0.3) is 0 Å². The molecule has 3 rings (SSSR count). The van der Waals surface area contributed by atoms with Gasteiger partial charge in [-0.1, -0.05) is 12.1 Å². The van der Waals surface area contributed by atoms with Crippen molar-refractivity contribution in [2.75, 3.05) is 32.7 Å². The lowest BCUT2D eigenvalue weighted by Gasteiger charge is -2.38. The first-order valence-electron chi connectivity index (χ1n) is 8.09. The van der Waals surface area contributed by atoms with E-state index in [2.05, 4.69) is 44.9 Å². The van der Waals surface area contributed by atoms with Crippen LogP contribution in [0, 0.1) is 0 Å². The number of rotatable bonds is 5. The highest BCUT2D eigenvalue weighted by molar-refractivity contribution is 5.13. The zero-order valence-electron chi connectivity index (χ0n) is 13.2. The van der Waals surface area contributed by atoms with E-state index in [1.54, 1.807) is 0 Å². The standard InChI is InChI=1S/C18H24N4/c1-16(17-5-4-8-19-15-17)22-13-11-21(12-14-22)10-7-18-6-2-3-9-20-18/h2-6,8-9,15-16H,7,10-14H2,1H3/t16-/m1/s1. The molecule has 4 nitrogen and oxygen atoms in total. The summed E-state index contributed by atoms with van der Waals surface area (Å²) in [5, 5.41) is 0. The van der Waals surface area contributed by atoms with Gasteiger partial charge >= 0.3 is 0 Å². The molecule has 0 bridgehead atoms. The predicted molar refractivity (Wildman–Crippen MR) is 88.6 cm³/mol. The molecular weight excluding hydrogens is 272 g/mol. The molecule has 1 aliphatic rings. The van der Waals surface area contributed by atoms with E-state index in [0.29, 0.717) is 6.04 Å². The highest BCUT2D eigenvalue weighted by atomic mass is 15.3. The Balaban J connectivity index is 1.46. The molecule has 0 aliphatic carbocycles. The quantitative estimate of drug-likeness (QED) is 0.848. The summed E-state index contributed by atoms with van der Waals surface area (Å²) < 4.78 is 0. The van der Waals surface area contributed by atoms with E-state index in [4.69, 9.17) is 0 Å². The van der Waals surface area contributed by atoms with Gasteiger partial charge in [-0.3, -0.25) is 14.9 Å². The topological polar surface area (TPSA) is 32.3 Å². The minimum atomic E-state index is 0.451. The highest BCUT2D eigenvalue weighted by Gasteiger charge is 2.21. The first-order valence-corrected chi connectivity index (χ1v) is 8.09. The Hall–Kier alpha value is -1.78. The SMILES string of the molecule is C[C@H](c1cccnc1)N1CCN(CCc2ccccn2)CC1. The summed E-state index contributed by atoms with van der Waals surface area (Å²) >= 11 is 0. The molecule has 1 saturated heterocycles. The summed E-state index contributed by atoms with van der Waals surface area (Å²) in [6.07, 6.45) is 6.74. The second kappa shape index (κ2) is 7.47. The van der Waals surface area contributed by atoms with Gasteiger partial charge in [-0.05, 0) is 30.7 Å². The number of pyridine rings is 2. The van der Waals surface area contributed by atoms with Crippen LogP contribution in [0.1, 0.15) is 24.2 Å². The molecule has 0 unspecified atom stereocenters. The summed E-state index contributed by atoms with van der Waals surface area (Å²) in [6, 6.07) is 10.8. The van der Waals surface area contributed by atoms with Crippen molar-refractivity contribution in [1.29, 1.82) is 0 Å². The molecule has 0 saturated carbocycles. The summed E-state index contributed by atoms with van der Waals surface area (Å²) in [7, 11) is 0. The summed E-state index contributed by atoms with van der Waals surface area (Å²) in [4.78, 5) is 13.7. The minimum absolute atomic E-state index is 0.451. The van der Waals surface area contributed by atoms with Gasteiger partial charge in [-0.25, -0.2) is 0 Å². The average Bonchev–Trinajstić information content (AvgIpc) is 2.61. The normalized spacial score (nSPS) is 18.2. The third-order valence-electron chi connectivity index (χ3n) is 4.53. The van der Waals surface area contributed by atoms with Gasteiger partial charge in [0.1, 0.15) is 0 Å². The van der Waals surface area contributed by atoms with Crippen LogP contribution in [-0.4, -0.2) is 52.5 Å². The molecule has 0 amide bonds. The van der Waals surface area contributed by atoms with Crippen LogP contribution in [0.5, 0.6) is 0 Å². The molecular formula is C18H24N4. The van der Waals surface area contributed by atoms with Crippen molar-refractivity contribution in [1.82, 2.24) is 19.8 Å². The lowest BCUT2D eigenvalue weighted by atomic mass is 10.1. The van der Waals surface area contributed by atoms with Gasteiger partial charge in [-0.2, -0.15) is 0 Å². The smallest absolute Gasteiger partial charge is 0.0416 e. The van der Waals surface area contributed by atoms with Gasteiger partial charge in [-0.15, -0.1) is 0 Å². The van der Waals surface area contributed by atoms with Crippen molar-refractivity contribution in [3.8, 4) is 0 Å². The van der Waals surface area contributed by atoms with E-state index < -0.39 is 0 Å². The second-order valence-electron chi connectivity index (χ2n) is 5.91. The van der Waals surface area contributed by atoms with Crippen LogP contribution in [-0.2, 0) is 6.42 Å². The van der Waals surface area contributed by atoms with Crippen LogP contribution in [0.2, 0.25) is 0 Å². The molecule has 2 aromatic rings. The van der Waals surface area contributed by atoms with E-state index in [1.807, 2.05) is 30.7 Å². The highest BCUT2D eigenvalue weighted by Crippen LogP contribution is 2.20. The Bertz CT molecular complexity index is 550. The maximum Gasteiger partial charge on any atom is 0.0416 e. The van der Waals surface area contributed by atoms with E-state index in [0.717, 1.165) is 39.1 Å². The van der Waals surface area contributed by atoms with Crippen molar-refractivity contribution < 1.29 is 0 Å². The molecule has 0 radical (unpaired) electrons. The Morgan fingerprint density at radius 2 is 1.91 bits per heavy atom. The summed E-state index contributed by atoms with van der Waals surface area (Å²) in [5.74, 6) is 0. The van der Waals surface area contributed by atoms with Crippen LogP contribution in [0.15, 0.2) is 48.9 Å². The monoisotopic (exact) mass is 296 g/mol. The van der Waals surface area contributed by atoms with E-state index in [-0.39, 0.29) is 0 Å². The predicted octanol–water partition coefficient (Wildman–Crippen LogP) is 2.40. The maximum atomic E-state index is 4.40. The van der Waals surface area contributed by atoms with Crippen molar-refractivity contribution in [2.24, 2.45) is 0 Å². The molecule has 3 heterocycles. The van der Waals surface area contributed by atoms with Gasteiger partial charge in [0.25, 0.3) is 0 Å². The van der Waals surface area contributed by atoms with Crippen molar-refractivity contribution in [3.05, 3.63) is 60.2 Å². The number of hydrogen-bond acceptors (Lipinski definition) is 4. The first kappa shape index (κ1) is 15.1. The van der Waals surface area contributed by atoms with Crippen LogP contribution in [0.3, 0.4) is 0 Å². The fourth-order valence-corrected chi connectivity index (χ4v) is 3.03. The third-order valence-corrected chi connectivity index (χ3v) is 4.53. The number of nitrogens with zero attached hydrogens (tertiary/aromatic N) is 4. The molecule has 1 atom stereocenters. The summed E-state index contributed by atoms with van der Waals surface area (Å²) in [5.41, 5.74) is 2.50. The third kappa shape index (κ3) is 3.90. The Labute approximate surface area is 132 Å². The van der Waals surface area contributed by atoms with Gasteiger partial charge in [0.05, 0.1) is 0 Å². The zero-order chi connectivity index (χ0) is 15.2. The van der Waals surface area contributed by atoms with Crippen LogP contribution in [0.4, 0.5) is 0 Å². The maximum absolute atomic E-state index is 4.40. The fourth-order valence-electron chi connectivity index (χ4n) is 3.03. The Kier molecular flexibility index (Phi) is 5.14. The molecule has 0 N–H and O–H groups in total. The first-order chi connectivity index (χ1) is 10.8. The molecule has 22 heavy (non-hydrogen) atoms. The molecule has 0 aromatic carbocycles. The Morgan fingerprint density at radius 3 is 2.59 bits per heavy atom. The zero-order valence-corrected chi connectivity index (χ0v) is 13.2. The van der Waals surface area contributed by atoms with Gasteiger partial charge < -0.3 is 4.90 Å². The van der Waals surface area contributed by atoms with Crippen molar-refractivity contribution in [2.45, 2.75) is 19.4 Å². The van der Waals surface area contributed by atoms with Crippen LogP contribution >= 0.6 is 0 Å². The van der Waals surface area contributed by atoms with Gasteiger partial charge in [0.2, 0.25) is 0 Å². The molecule has 1 fully saturated rings. The van der Waals surface area contributed by atoms with E-state index >= 15 is 0 Å². The van der Waals surface area contributed by atoms with Gasteiger partial charge in [0, 0.05) is 69.5 Å². The van der Waals surface area contributed by atoms with Gasteiger partial charge in [0.15, 0.2) is 0 Å². The average molecular weight is 296 g/mol. The molecule has 2 aromatic heterocycles. The minimum Gasteiger partial charge on any atom is -0.300 e. The molecule has 1 aliphatic heterocycles. The Morgan fingerprint density at radius 1 is 1.05 bits per heavy atom. The number of aromatic nitrogens is 2. The van der Waals surface area contributed by atoms with Crippen molar-refractivity contribution in [3.63, 3.8) is 0 Å². The second-order valence-corrected chi connectivity index (χ2v) is 5.91. The van der Waals surface area contributed by atoms with E-state index in [1.165, 1.54) is 11.3 Å². The largest absolute Gasteiger partial charge is 0.300 e. The molecule has 0 spiro atoms. The number of hydrogen-bond donors (Lipinski definition) is 0.